The van der Waals surface area contributed by atoms with Gasteiger partial charge in [-0.15, -0.1) is 0 Å². The van der Waals surface area contributed by atoms with Crippen molar-refractivity contribution in [1.29, 1.82) is 0 Å². The molecule has 14 N–H and O–H groups in total. The molecule has 24 heteroatoms. The van der Waals surface area contributed by atoms with Crippen molar-refractivity contribution >= 4 is 23.0 Å². The summed E-state index contributed by atoms with van der Waals surface area (Å²) in [4.78, 5) is 26.7. The third kappa shape index (κ3) is 9.87. The Bertz CT molecular complexity index is 2420. The summed E-state index contributed by atoms with van der Waals surface area (Å²) >= 11 is 0. The van der Waals surface area contributed by atoms with E-state index in [1.54, 1.807) is 0 Å². The van der Waals surface area contributed by atoms with Gasteiger partial charge in [0, 0.05) is 23.8 Å². The lowest BCUT2D eigenvalue weighted by atomic mass is 9.96. The Balaban J connectivity index is 1.19. The van der Waals surface area contributed by atoms with Crippen molar-refractivity contribution < 1.29 is 114 Å². The topological polar surface area (TPSA) is 395 Å². The average Bonchev–Trinajstić information content (AvgIpc) is 3.29. The van der Waals surface area contributed by atoms with E-state index in [1.165, 1.54) is 36.4 Å². The van der Waals surface area contributed by atoms with E-state index in [2.05, 4.69) is 0 Å². The average molecular weight is 935 g/mol. The Morgan fingerprint density at radius 2 is 1.20 bits per heavy atom. The molecule has 0 unspecified atom stereocenters. The van der Waals surface area contributed by atoms with Gasteiger partial charge < -0.3 is 109 Å². The predicted octanol–water partition coefficient (Wildman–Crippen LogP) is -2.92. The molecule has 0 radical (unpaired) electrons. The number of esters is 1. The van der Waals surface area contributed by atoms with Crippen LogP contribution in [0.3, 0.4) is 0 Å². The van der Waals surface area contributed by atoms with Crippen LogP contribution in [0.5, 0.6) is 34.5 Å². The molecule has 4 heterocycles. The van der Waals surface area contributed by atoms with Gasteiger partial charge in [-0.2, -0.15) is 0 Å². The molecule has 7 rings (SSSR count). The summed E-state index contributed by atoms with van der Waals surface area (Å²) in [7, 11) is 0. The monoisotopic (exact) mass is 934 g/mol. The summed E-state index contributed by atoms with van der Waals surface area (Å²) < 4.78 is 45.9. The standard InChI is InChI=1S/C42H46O24/c43-12-23-29(52)34(57)39(41(61-23)64-37-31(54)27-21(49)10-18(46)11-22(27)60-36(37)16-4-7-19(47)20(48)9-16)66-42-38(33(56)28(51)24(13-44)62-42)65-40-35(58)32(55)30(53)25(63-40)14-59-26(50)8-3-15-1-5-17(45)6-2-15/h1-11,23-25,28-30,32-35,38-49,51-53,55-58H,12-14H2/b8-3+/t23-,24-,25-,28-,29-,30-,32+,33-,34+,35-,38-,39-,40+,41+,42+/m1/s1. The largest absolute Gasteiger partial charge is 0.508 e. The number of hydrogen-bond acceptors (Lipinski definition) is 24. The maximum absolute atomic E-state index is 14.2. The first kappa shape index (κ1) is 48.3. The van der Waals surface area contributed by atoms with E-state index < -0.39 is 169 Å². The van der Waals surface area contributed by atoms with Crippen LogP contribution in [-0.4, -0.2) is 189 Å². The first-order valence-corrected chi connectivity index (χ1v) is 20.0. The zero-order valence-electron chi connectivity index (χ0n) is 34.0. The highest BCUT2D eigenvalue weighted by Crippen LogP contribution is 2.40. The fraction of sp³-hybridized carbons (Fsp3) is 0.429. The van der Waals surface area contributed by atoms with Crippen LogP contribution in [0.1, 0.15) is 5.56 Å². The molecule has 4 aromatic rings. The normalized spacial score (nSPS) is 32.7. The van der Waals surface area contributed by atoms with Crippen molar-refractivity contribution in [2.75, 3.05) is 19.8 Å². The summed E-state index contributed by atoms with van der Waals surface area (Å²) in [6.07, 6.45) is -27.5. The summed E-state index contributed by atoms with van der Waals surface area (Å²) in [6.45, 7) is -2.70. The Labute approximate surface area is 370 Å². The first-order chi connectivity index (χ1) is 31.4. The molecule has 0 amide bonds. The van der Waals surface area contributed by atoms with E-state index in [9.17, 15) is 81.1 Å². The minimum absolute atomic E-state index is 0.0134. The number of aliphatic hydroxyl groups is 9. The Morgan fingerprint density at radius 3 is 1.83 bits per heavy atom. The molecule has 3 aliphatic heterocycles. The molecule has 3 saturated heterocycles. The zero-order valence-corrected chi connectivity index (χ0v) is 34.0. The third-order valence-electron chi connectivity index (χ3n) is 11.0. The number of phenols is 5. The number of rotatable bonds is 13. The maximum Gasteiger partial charge on any atom is 0.330 e. The van der Waals surface area contributed by atoms with Gasteiger partial charge in [0.15, 0.2) is 35.9 Å². The molecule has 24 nitrogen and oxygen atoms in total. The summed E-state index contributed by atoms with van der Waals surface area (Å²) in [5, 5.41) is 147. The highest BCUT2D eigenvalue weighted by molar-refractivity contribution is 5.88. The lowest BCUT2D eigenvalue weighted by molar-refractivity contribution is -0.389. The Hall–Kier alpha value is -5.68. The predicted molar refractivity (Wildman–Crippen MR) is 215 cm³/mol. The van der Waals surface area contributed by atoms with Gasteiger partial charge in [0.05, 0.1) is 13.2 Å². The second-order valence-electron chi connectivity index (χ2n) is 15.4. The van der Waals surface area contributed by atoms with Crippen LogP contribution in [0.4, 0.5) is 0 Å². The smallest absolute Gasteiger partial charge is 0.330 e. The molecule has 3 fully saturated rings. The minimum Gasteiger partial charge on any atom is -0.508 e. The fourth-order valence-corrected chi connectivity index (χ4v) is 7.39. The quantitative estimate of drug-likeness (QED) is 0.0363. The molecule has 15 atom stereocenters. The van der Waals surface area contributed by atoms with E-state index in [1.807, 2.05) is 0 Å². The van der Waals surface area contributed by atoms with Crippen LogP contribution >= 0.6 is 0 Å². The van der Waals surface area contributed by atoms with Crippen molar-refractivity contribution in [2.45, 2.75) is 92.1 Å². The zero-order chi connectivity index (χ0) is 47.7. The molecule has 1 aromatic heterocycles. The number of aliphatic hydroxyl groups excluding tert-OH is 9. The van der Waals surface area contributed by atoms with Gasteiger partial charge in [-0.1, -0.05) is 12.1 Å². The van der Waals surface area contributed by atoms with Crippen LogP contribution in [0, 0.1) is 0 Å². The van der Waals surface area contributed by atoms with Gasteiger partial charge in [-0.05, 0) is 42.0 Å². The second-order valence-corrected chi connectivity index (χ2v) is 15.4. The molecule has 0 bridgehead atoms. The Kier molecular flexibility index (Phi) is 14.7. The molecule has 358 valence electrons. The van der Waals surface area contributed by atoms with Crippen LogP contribution in [0.2, 0.25) is 0 Å². The number of carbonyl (C=O) groups is 1. The highest BCUT2D eigenvalue weighted by Gasteiger charge is 2.55. The molecular weight excluding hydrogens is 888 g/mol. The van der Waals surface area contributed by atoms with E-state index >= 15 is 0 Å². The molecule has 0 aliphatic carbocycles. The summed E-state index contributed by atoms with van der Waals surface area (Å²) in [5.41, 5.74) is -1.21. The number of hydrogen-bond donors (Lipinski definition) is 14. The van der Waals surface area contributed by atoms with E-state index in [-0.39, 0.29) is 11.3 Å². The lowest BCUT2D eigenvalue weighted by Gasteiger charge is -2.48. The fourth-order valence-electron chi connectivity index (χ4n) is 7.39. The first-order valence-electron chi connectivity index (χ1n) is 20.0. The maximum atomic E-state index is 14.2. The number of benzene rings is 3. The van der Waals surface area contributed by atoms with Gasteiger partial charge in [-0.3, -0.25) is 4.79 Å². The molecule has 66 heavy (non-hydrogen) atoms. The van der Waals surface area contributed by atoms with Crippen molar-refractivity contribution in [1.82, 2.24) is 0 Å². The number of ether oxygens (including phenoxy) is 7. The van der Waals surface area contributed by atoms with Crippen LogP contribution in [0.25, 0.3) is 28.4 Å². The van der Waals surface area contributed by atoms with Crippen molar-refractivity contribution in [3.63, 3.8) is 0 Å². The minimum atomic E-state index is -2.17. The van der Waals surface area contributed by atoms with E-state index in [0.717, 1.165) is 30.3 Å². The van der Waals surface area contributed by atoms with Crippen molar-refractivity contribution in [3.8, 4) is 45.8 Å². The van der Waals surface area contributed by atoms with Crippen molar-refractivity contribution in [3.05, 3.63) is 76.5 Å². The van der Waals surface area contributed by atoms with Crippen LogP contribution in [0.15, 0.2) is 69.9 Å². The van der Waals surface area contributed by atoms with E-state index in [0.29, 0.717) is 5.56 Å². The molecule has 0 saturated carbocycles. The van der Waals surface area contributed by atoms with Gasteiger partial charge in [0.2, 0.25) is 17.5 Å². The second kappa shape index (κ2) is 20.0. The van der Waals surface area contributed by atoms with Crippen LogP contribution < -0.4 is 10.2 Å². The van der Waals surface area contributed by atoms with E-state index in [4.69, 9.17) is 37.6 Å². The van der Waals surface area contributed by atoms with Gasteiger partial charge in [0.25, 0.3) is 0 Å². The summed E-state index contributed by atoms with van der Waals surface area (Å²) in [6, 6.07) is 10.7. The van der Waals surface area contributed by atoms with Crippen molar-refractivity contribution in [2.24, 2.45) is 0 Å². The number of phenolic OH excluding ortho intramolecular Hbond substituents is 5. The highest BCUT2D eigenvalue weighted by atomic mass is 16.8. The number of aromatic hydroxyl groups is 5. The van der Waals surface area contributed by atoms with Gasteiger partial charge in [0.1, 0.15) is 102 Å². The lowest BCUT2D eigenvalue weighted by Crippen LogP contribution is -2.67. The molecular formula is C42H46O24. The SMILES string of the molecule is O=C(/C=C/c1ccc(O)cc1)OC[C@H]1O[C@@H](O[C@H]2[C@H](O[C@H]3[C@H](Oc4c(-c5ccc(O)c(O)c5)oc5cc(O)cc(O)c5c4=O)O[C@H](CO)[C@@H](O)[C@@H]3O)O[C@H](CO)[C@@H](O)[C@H]2O)[C@H](O)[C@@H](O)[C@@H]1O. The molecule has 3 aromatic carbocycles. The summed E-state index contributed by atoms with van der Waals surface area (Å²) in [5.74, 6) is -4.96. The molecule has 0 spiro atoms. The third-order valence-corrected chi connectivity index (χ3v) is 11.0. The Morgan fingerprint density at radius 1 is 0.606 bits per heavy atom. The number of carbonyl (C=O) groups excluding carboxylic acids is 1. The van der Waals surface area contributed by atoms with Gasteiger partial charge in [-0.25, -0.2) is 4.79 Å². The number of fused-ring (bicyclic) bond motifs is 1. The molecule has 3 aliphatic rings. The van der Waals surface area contributed by atoms with Crippen LogP contribution in [-0.2, 0) is 33.2 Å². The van der Waals surface area contributed by atoms with Gasteiger partial charge >= 0.3 is 5.97 Å².